The summed E-state index contributed by atoms with van der Waals surface area (Å²) in [5.74, 6) is 0.457. The molecule has 4 nitrogen and oxygen atoms in total. The van der Waals surface area contributed by atoms with Crippen LogP contribution in [0.25, 0.3) is 0 Å². The minimum Gasteiger partial charge on any atom is -0.378 e. The summed E-state index contributed by atoms with van der Waals surface area (Å²) in [4.78, 5) is 6.42. The zero-order valence-corrected chi connectivity index (χ0v) is 15.1. The van der Waals surface area contributed by atoms with Crippen molar-refractivity contribution in [2.24, 2.45) is 10.7 Å². The average Bonchev–Trinajstić information content (AvgIpc) is 2.34. The maximum absolute atomic E-state index is 5.79. The molecule has 5 heteroatoms. The third-order valence-corrected chi connectivity index (χ3v) is 2.83. The van der Waals surface area contributed by atoms with E-state index in [-0.39, 0.29) is 24.0 Å². The van der Waals surface area contributed by atoms with Crippen molar-refractivity contribution in [2.45, 2.75) is 20.4 Å². The smallest absolute Gasteiger partial charge is 0.189 e. The first-order chi connectivity index (χ1) is 8.90. The second-order valence-electron chi connectivity index (χ2n) is 5.02. The van der Waals surface area contributed by atoms with E-state index >= 15 is 0 Å². The van der Waals surface area contributed by atoms with Crippen molar-refractivity contribution >= 4 is 35.6 Å². The van der Waals surface area contributed by atoms with Crippen molar-refractivity contribution in [2.75, 3.05) is 25.5 Å². The van der Waals surface area contributed by atoms with Gasteiger partial charge in [-0.25, -0.2) is 4.99 Å². The lowest BCUT2D eigenvalue weighted by atomic mass is 10.1. The van der Waals surface area contributed by atoms with Crippen LogP contribution in [0.1, 0.15) is 18.1 Å². The Kier molecular flexibility index (Phi) is 8.29. The van der Waals surface area contributed by atoms with Crippen molar-refractivity contribution in [1.82, 2.24) is 5.32 Å². The maximum Gasteiger partial charge on any atom is 0.189 e. The SMILES string of the molecule is C=C(C)CNC(N)=NCc1ccc(N(C)C)cc1C.I. The summed E-state index contributed by atoms with van der Waals surface area (Å²) in [5, 5.41) is 3.02. The summed E-state index contributed by atoms with van der Waals surface area (Å²) in [6.07, 6.45) is 0. The summed E-state index contributed by atoms with van der Waals surface area (Å²) in [6, 6.07) is 6.35. The molecule has 0 saturated heterocycles. The predicted molar refractivity (Wildman–Crippen MR) is 99.1 cm³/mol. The van der Waals surface area contributed by atoms with Crippen molar-refractivity contribution < 1.29 is 0 Å². The number of nitrogens with zero attached hydrogens (tertiary/aromatic N) is 2. The van der Waals surface area contributed by atoms with Gasteiger partial charge in [-0.15, -0.1) is 24.0 Å². The van der Waals surface area contributed by atoms with E-state index < -0.39 is 0 Å². The number of nitrogens with one attached hydrogen (secondary N) is 1. The predicted octanol–water partition coefficient (Wildman–Crippen LogP) is 2.66. The average molecular weight is 388 g/mol. The number of aryl methyl sites for hydroxylation is 1. The van der Waals surface area contributed by atoms with Crippen LogP contribution in [0.5, 0.6) is 0 Å². The Morgan fingerprint density at radius 3 is 2.55 bits per heavy atom. The Hall–Kier alpha value is -1.24. The first kappa shape index (κ1) is 18.8. The number of guanidine groups is 1. The summed E-state index contributed by atoms with van der Waals surface area (Å²) in [7, 11) is 4.07. The number of anilines is 1. The maximum atomic E-state index is 5.79. The highest BCUT2D eigenvalue weighted by Gasteiger charge is 2.01. The van der Waals surface area contributed by atoms with E-state index in [1.165, 1.54) is 16.8 Å². The van der Waals surface area contributed by atoms with E-state index in [0.29, 0.717) is 19.0 Å². The Labute approximate surface area is 139 Å². The second-order valence-corrected chi connectivity index (χ2v) is 5.02. The van der Waals surface area contributed by atoms with Gasteiger partial charge in [-0.1, -0.05) is 18.2 Å². The molecule has 20 heavy (non-hydrogen) atoms. The van der Waals surface area contributed by atoms with Crippen LogP contribution in [0.3, 0.4) is 0 Å². The third-order valence-electron chi connectivity index (χ3n) is 2.83. The fraction of sp³-hybridized carbons (Fsp3) is 0.400. The summed E-state index contributed by atoms with van der Waals surface area (Å²) in [6.45, 7) is 9.10. The lowest BCUT2D eigenvalue weighted by Crippen LogP contribution is -2.32. The van der Waals surface area contributed by atoms with Crippen LogP contribution in [0.4, 0.5) is 5.69 Å². The van der Waals surface area contributed by atoms with Gasteiger partial charge in [0.15, 0.2) is 5.96 Å². The highest BCUT2D eigenvalue weighted by atomic mass is 127. The quantitative estimate of drug-likeness (QED) is 0.353. The van der Waals surface area contributed by atoms with Gasteiger partial charge >= 0.3 is 0 Å². The van der Waals surface area contributed by atoms with Crippen LogP contribution >= 0.6 is 24.0 Å². The topological polar surface area (TPSA) is 53.6 Å². The largest absolute Gasteiger partial charge is 0.378 e. The molecule has 0 radical (unpaired) electrons. The van der Waals surface area contributed by atoms with E-state index in [1.807, 2.05) is 21.0 Å². The number of halogens is 1. The van der Waals surface area contributed by atoms with Crippen LogP contribution < -0.4 is 16.0 Å². The zero-order chi connectivity index (χ0) is 14.4. The molecule has 112 valence electrons. The van der Waals surface area contributed by atoms with Crippen LogP contribution in [-0.2, 0) is 6.54 Å². The van der Waals surface area contributed by atoms with Gasteiger partial charge in [0.05, 0.1) is 6.54 Å². The molecule has 0 unspecified atom stereocenters. The molecular weight excluding hydrogens is 363 g/mol. The molecule has 1 aromatic rings. The molecular formula is C15H25IN4. The van der Waals surface area contributed by atoms with Crippen molar-refractivity contribution in [3.8, 4) is 0 Å². The minimum absolute atomic E-state index is 0. The molecule has 0 aliphatic rings. The van der Waals surface area contributed by atoms with Gasteiger partial charge in [-0.05, 0) is 37.1 Å². The number of benzene rings is 1. The summed E-state index contributed by atoms with van der Waals surface area (Å²) in [5.41, 5.74) is 10.4. The number of hydrogen-bond acceptors (Lipinski definition) is 2. The molecule has 1 aromatic carbocycles. The molecule has 0 amide bonds. The van der Waals surface area contributed by atoms with Gasteiger partial charge < -0.3 is 16.0 Å². The first-order valence-electron chi connectivity index (χ1n) is 6.35. The highest BCUT2D eigenvalue weighted by Crippen LogP contribution is 2.17. The van der Waals surface area contributed by atoms with E-state index in [1.54, 1.807) is 0 Å². The lowest BCUT2D eigenvalue weighted by molar-refractivity contribution is 0.936. The monoisotopic (exact) mass is 388 g/mol. The summed E-state index contributed by atoms with van der Waals surface area (Å²) >= 11 is 0. The number of aliphatic imine (C=N–C) groups is 1. The molecule has 0 bridgehead atoms. The van der Waals surface area contributed by atoms with Crippen LogP contribution in [0, 0.1) is 6.92 Å². The Morgan fingerprint density at radius 2 is 2.05 bits per heavy atom. The van der Waals surface area contributed by atoms with Crippen LogP contribution in [0.15, 0.2) is 35.3 Å². The Bertz CT molecular complexity index is 481. The third kappa shape index (κ3) is 6.27. The van der Waals surface area contributed by atoms with E-state index in [0.717, 1.165) is 5.57 Å². The van der Waals surface area contributed by atoms with Crippen LogP contribution in [-0.4, -0.2) is 26.6 Å². The molecule has 0 aliphatic carbocycles. The van der Waals surface area contributed by atoms with E-state index in [9.17, 15) is 0 Å². The van der Waals surface area contributed by atoms with Gasteiger partial charge in [0, 0.05) is 26.3 Å². The molecule has 0 saturated carbocycles. The van der Waals surface area contributed by atoms with Crippen molar-refractivity contribution in [3.63, 3.8) is 0 Å². The molecule has 0 aromatic heterocycles. The van der Waals surface area contributed by atoms with Gasteiger partial charge in [0.1, 0.15) is 0 Å². The fourth-order valence-electron chi connectivity index (χ4n) is 1.60. The molecule has 0 fully saturated rings. The van der Waals surface area contributed by atoms with Crippen LogP contribution in [0.2, 0.25) is 0 Å². The van der Waals surface area contributed by atoms with Gasteiger partial charge in [0.2, 0.25) is 0 Å². The molecule has 0 aliphatic heterocycles. The molecule has 3 N–H and O–H groups in total. The molecule has 1 rings (SSSR count). The van der Waals surface area contributed by atoms with Gasteiger partial charge in [0.25, 0.3) is 0 Å². The van der Waals surface area contributed by atoms with Gasteiger partial charge in [-0.3, -0.25) is 0 Å². The molecule has 0 atom stereocenters. The Morgan fingerprint density at radius 1 is 1.40 bits per heavy atom. The Balaban J connectivity index is 0.00000361. The summed E-state index contributed by atoms with van der Waals surface area (Å²) < 4.78 is 0. The van der Waals surface area contributed by atoms with Crippen molar-refractivity contribution in [1.29, 1.82) is 0 Å². The lowest BCUT2D eigenvalue weighted by Gasteiger charge is -2.14. The first-order valence-corrected chi connectivity index (χ1v) is 6.35. The molecule has 0 spiro atoms. The number of nitrogens with two attached hydrogens (primary N) is 1. The van der Waals surface area contributed by atoms with E-state index in [4.69, 9.17) is 5.73 Å². The minimum atomic E-state index is 0. The van der Waals surface area contributed by atoms with Crippen molar-refractivity contribution in [3.05, 3.63) is 41.5 Å². The van der Waals surface area contributed by atoms with Gasteiger partial charge in [-0.2, -0.15) is 0 Å². The number of rotatable bonds is 5. The standard InChI is InChI=1S/C15H24N4.HI/c1-11(2)9-17-15(16)18-10-13-6-7-14(19(4)5)8-12(13)3;/h6-8H,1,9-10H2,2-5H3,(H3,16,17,18);1H. The highest BCUT2D eigenvalue weighted by molar-refractivity contribution is 14.0. The van der Waals surface area contributed by atoms with E-state index in [2.05, 4.69) is 46.9 Å². The fourth-order valence-corrected chi connectivity index (χ4v) is 1.60. The zero-order valence-electron chi connectivity index (χ0n) is 12.7. The second kappa shape index (κ2) is 8.84. The number of hydrogen-bond donors (Lipinski definition) is 2. The normalized spacial score (nSPS) is 10.7. The molecule has 0 heterocycles.